The number of anilines is 2. The topological polar surface area (TPSA) is 46.3 Å². The van der Waals surface area contributed by atoms with Crippen molar-refractivity contribution in [1.82, 2.24) is 0 Å². The van der Waals surface area contributed by atoms with E-state index in [1.165, 1.54) is 0 Å². The molecule has 0 fully saturated rings. The molecular formula is C16H18N2O. The van der Waals surface area contributed by atoms with E-state index in [1.54, 1.807) is 17.0 Å². The van der Waals surface area contributed by atoms with Gasteiger partial charge in [0.15, 0.2) is 0 Å². The van der Waals surface area contributed by atoms with Crippen LogP contribution >= 0.6 is 0 Å². The van der Waals surface area contributed by atoms with Crippen molar-refractivity contribution >= 4 is 17.3 Å². The van der Waals surface area contributed by atoms with Crippen LogP contribution in [0.4, 0.5) is 11.4 Å². The maximum Gasteiger partial charge on any atom is 0.258 e. The minimum Gasteiger partial charge on any atom is -0.399 e. The molecule has 2 aromatic carbocycles. The van der Waals surface area contributed by atoms with Crippen LogP contribution in [0.15, 0.2) is 48.5 Å². The van der Waals surface area contributed by atoms with Crippen molar-refractivity contribution < 1.29 is 4.79 Å². The molecule has 0 aliphatic carbocycles. The van der Waals surface area contributed by atoms with Crippen LogP contribution < -0.4 is 10.6 Å². The molecular weight excluding hydrogens is 236 g/mol. The van der Waals surface area contributed by atoms with Gasteiger partial charge >= 0.3 is 0 Å². The summed E-state index contributed by atoms with van der Waals surface area (Å²) in [6.45, 7) is 4.59. The molecule has 0 aliphatic rings. The first-order chi connectivity index (χ1) is 9.11. The molecule has 0 spiro atoms. The number of rotatable bonds is 3. The quantitative estimate of drug-likeness (QED) is 0.855. The van der Waals surface area contributed by atoms with E-state index in [1.807, 2.05) is 50.2 Å². The molecule has 1 amide bonds. The molecule has 2 aromatic rings. The lowest BCUT2D eigenvalue weighted by molar-refractivity contribution is 0.0988. The first kappa shape index (κ1) is 13.1. The summed E-state index contributed by atoms with van der Waals surface area (Å²) in [4.78, 5) is 14.2. The van der Waals surface area contributed by atoms with Gasteiger partial charge in [-0.1, -0.05) is 17.7 Å². The lowest BCUT2D eigenvalue weighted by atomic mass is 10.1. The normalized spacial score (nSPS) is 10.2. The molecule has 0 saturated carbocycles. The lowest BCUT2D eigenvalue weighted by Gasteiger charge is -2.21. The zero-order valence-corrected chi connectivity index (χ0v) is 11.3. The van der Waals surface area contributed by atoms with Crippen molar-refractivity contribution in [1.29, 1.82) is 0 Å². The Labute approximate surface area is 113 Å². The smallest absolute Gasteiger partial charge is 0.258 e. The molecule has 0 bridgehead atoms. The Morgan fingerprint density at radius 1 is 1.05 bits per heavy atom. The van der Waals surface area contributed by atoms with Crippen molar-refractivity contribution in [2.75, 3.05) is 17.2 Å². The fraction of sp³-hybridized carbons (Fsp3) is 0.188. The third-order valence-corrected chi connectivity index (χ3v) is 3.06. The SMILES string of the molecule is CCN(C(=O)c1ccc(C)cc1)c1ccc(N)cc1. The average molecular weight is 254 g/mol. The molecule has 19 heavy (non-hydrogen) atoms. The van der Waals surface area contributed by atoms with E-state index in [2.05, 4.69) is 0 Å². The van der Waals surface area contributed by atoms with Crippen molar-refractivity contribution in [3.05, 3.63) is 59.7 Å². The minimum absolute atomic E-state index is 0.00673. The molecule has 0 aromatic heterocycles. The summed E-state index contributed by atoms with van der Waals surface area (Å²) in [5.41, 5.74) is 9.07. The Bertz CT molecular complexity index is 558. The number of carbonyl (C=O) groups excluding carboxylic acids is 1. The fourth-order valence-corrected chi connectivity index (χ4v) is 1.95. The second-order valence-electron chi connectivity index (χ2n) is 4.51. The predicted molar refractivity (Wildman–Crippen MR) is 79.4 cm³/mol. The van der Waals surface area contributed by atoms with Gasteiger partial charge in [0.1, 0.15) is 0 Å². The number of aryl methyl sites for hydroxylation is 1. The van der Waals surface area contributed by atoms with E-state index in [0.717, 1.165) is 11.3 Å². The van der Waals surface area contributed by atoms with Crippen molar-refractivity contribution in [2.24, 2.45) is 0 Å². The van der Waals surface area contributed by atoms with Crippen molar-refractivity contribution in [3.8, 4) is 0 Å². The Balaban J connectivity index is 2.29. The van der Waals surface area contributed by atoms with E-state index in [-0.39, 0.29) is 5.91 Å². The third kappa shape index (κ3) is 2.94. The molecule has 2 rings (SSSR count). The van der Waals surface area contributed by atoms with E-state index < -0.39 is 0 Å². The number of amides is 1. The van der Waals surface area contributed by atoms with Crippen LogP contribution in [0.2, 0.25) is 0 Å². The summed E-state index contributed by atoms with van der Waals surface area (Å²) in [6.07, 6.45) is 0. The summed E-state index contributed by atoms with van der Waals surface area (Å²) in [5, 5.41) is 0. The molecule has 0 aliphatic heterocycles. The maximum atomic E-state index is 12.5. The zero-order chi connectivity index (χ0) is 13.8. The zero-order valence-electron chi connectivity index (χ0n) is 11.3. The highest BCUT2D eigenvalue weighted by atomic mass is 16.2. The van der Waals surface area contributed by atoms with Gasteiger partial charge in [0, 0.05) is 23.5 Å². The summed E-state index contributed by atoms with van der Waals surface area (Å²) >= 11 is 0. The minimum atomic E-state index is 0.00673. The van der Waals surface area contributed by atoms with Crippen LogP contribution in [-0.4, -0.2) is 12.5 Å². The van der Waals surface area contributed by atoms with Gasteiger partial charge in [-0.2, -0.15) is 0 Å². The Morgan fingerprint density at radius 2 is 1.63 bits per heavy atom. The fourth-order valence-electron chi connectivity index (χ4n) is 1.95. The molecule has 3 nitrogen and oxygen atoms in total. The summed E-state index contributed by atoms with van der Waals surface area (Å²) < 4.78 is 0. The summed E-state index contributed by atoms with van der Waals surface area (Å²) in [7, 11) is 0. The van der Waals surface area contributed by atoms with Crippen LogP contribution in [0.1, 0.15) is 22.8 Å². The summed E-state index contributed by atoms with van der Waals surface area (Å²) in [5.74, 6) is 0.00673. The number of nitrogens with two attached hydrogens (primary N) is 1. The first-order valence-corrected chi connectivity index (χ1v) is 6.36. The Kier molecular flexibility index (Phi) is 3.85. The monoisotopic (exact) mass is 254 g/mol. The van der Waals surface area contributed by atoms with Gasteiger partial charge in [-0.05, 0) is 50.2 Å². The number of nitrogens with zero attached hydrogens (tertiary/aromatic N) is 1. The molecule has 3 heteroatoms. The predicted octanol–water partition coefficient (Wildman–Crippen LogP) is 3.24. The maximum absolute atomic E-state index is 12.5. The Morgan fingerprint density at radius 3 is 2.16 bits per heavy atom. The third-order valence-electron chi connectivity index (χ3n) is 3.06. The van der Waals surface area contributed by atoms with Crippen LogP contribution in [0.3, 0.4) is 0 Å². The second kappa shape index (κ2) is 5.57. The van der Waals surface area contributed by atoms with E-state index in [9.17, 15) is 4.79 Å². The number of hydrogen-bond donors (Lipinski definition) is 1. The molecule has 0 radical (unpaired) electrons. The standard InChI is InChI=1S/C16H18N2O/c1-3-18(15-10-8-14(17)9-11-15)16(19)13-6-4-12(2)5-7-13/h4-11H,3,17H2,1-2H3. The van der Waals surface area contributed by atoms with Gasteiger partial charge in [-0.15, -0.1) is 0 Å². The molecule has 98 valence electrons. The largest absolute Gasteiger partial charge is 0.399 e. The highest BCUT2D eigenvalue weighted by Crippen LogP contribution is 2.19. The van der Waals surface area contributed by atoms with Crippen molar-refractivity contribution in [3.63, 3.8) is 0 Å². The lowest BCUT2D eigenvalue weighted by Crippen LogP contribution is -2.30. The van der Waals surface area contributed by atoms with Crippen LogP contribution in [-0.2, 0) is 0 Å². The molecule has 0 atom stereocenters. The van der Waals surface area contributed by atoms with Gasteiger partial charge in [-0.3, -0.25) is 4.79 Å². The number of nitrogen functional groups attached to an aromatic ring is 1. The number of hydrogen-bond acceptors (Lipinski definition) is 2. The van der Waals surface area contributed by atoms with Gasteiger partial charge in [0.05, 0.1) is 0 Å². The second-order valence-corrected chi connectivity index (χ2v) is 4.51. The van der Waals surface area contributed by atoms with Gasteiger partial charge in [0.2, 0.25) is 0 Å². The van der Waals surface area contributed by atoms with Gasteiger partial charge < -0.3 is 10.6 Å². The van der Waals surface area contributed by atoms with Crippen LogP contribution in [0, 0.1) is 6.92 Å². The highest BCUT2D eigenvalue weighted by molar-refractivity contribution is 6.06. The number of benzene rings is 2. The molecule has 0 saturated heterocycles. The molecule has 2 N–H and O–H groups in total. The Hall–Kier alpha value is -2.29. The number of carbonyl (C=O) groups is 1. The molecule has 0 heterocycles. The van der Waals surface area contributed by atoms with Gasteiger partial charge in [0.25, 0.3) is 5.91 Å². The first-order valence-electron chi connectivity index (χ1n) is 6.36. The van der Waals surface area contributed by atoms with E-state index >= 15 is 0 Å². The molecule has 0 unspecified atom stereocenters. The highest BCUT2D eigenvalue weighted by Gasteiger charge is 2.15. The average Bonchev–Trinajstić information content (AvgIpc) is 2.42. The van der Waals surface area contributed by atoms with Crippen molar-refractivity contribution in [2.45, 2.75) is 13.8 Å². The van der Waals surface area contributed by atoms with Crippen LogP contribution in [0.25, 0.3) is 0 Å². The van der Waals surface area contributed by atoms with E-state index in [0.29, 0.717) is 17.8 Å². The van der Waals surface area contributed by atoms with Crippen LogP contribution in [0.5, 0.6) is 0 Å². The van der Waals surface area contributed by atoms with Gasteiger partial charge in [-0.25, -0.2) is 0 Å². The summed E-state index contributed by atoms with van der Waals surface area (Å²) in [6, 6.07) is 15.0. The van der Waals surface area contributed by atoms with E-state index in [4.69, 9.17) is 5.73 Å².